The monoisotopic (exact) mass is 314 g/mol. The van der Waals surface area contributed by atoms with E-state index in [4.69, 9.17) is 9.84 Å². The number of aliphatic hydroxyl groups is 2. The molecule has 1 rings (SSSR count). The van der Waals surface area contributed by atoms with E-state index >= 15 is 0 Å². The van der Waals surface area contributed by atoms with Crippen LogP contribution >= 0.6 is 0 Å². The van der Waals surface area contributed by atoms with Gasteiger partial charge in [0.1, 0.15) is 0 Å². The normalized spacial score (nSPS) is 11.3. The van der Waals surface area contributed by atoms with E-state index in [-0.39, 0.29) is 19.0 Å². The van der Waals surface area contributed by atoms with Crippen molar-refractivity contribution < 1.29 is 20.1 Å². The van der Waals surface area contributed by atoms with Crippen LogP contribution in [0.25, 0.3) is 0 Å². The van der Waals surface area contributed by atoms with Crippen molar-refractivity contribution in [3.8, 4) is 5.75 Å². The van der Waals surface area contributed by atoms with Gasteiger partial charge in [0.05, 0.1) is 18.9 Å². The predicted molar refractivity (Wildman–Crippen MR) is 82.8 cm³/mol. The van der Waals surface area contributed by atoms with Crippen molar-refractivity contribution in [1.82, 2.24) is 9.47 Å². The van der Waals surface area contributed by atoms with E-state index in [0.29, 0.717) is 50.7 Å². The van der Waals surface area contributed by atoms with Crippen LogP contribution < -0.4 is 5.43 Å². The quantitative estimate of drug-likeness (QED) is 0.522. The summed E-state index contributed by atoms with van der Waals surface area (Å²) in [6, 6.07) is 1.26. The van der Waals surface area contributed by atoms with Crippen molar-refractivity contribution >= 4 is 0 Å². The number of aromatic hydroxyl groups is 1. The van der Waals surface area contributed by atoms with Crippen molar-refractivity contribution in [3.63, 3.8) is 0 Å². The summed E-state index contributed by atoms with van der Waals surface area (Å²) >= 11 is 0. The minimum atomic E-state index is -0.502. The maximum atomic E-state index is 11.8. The molecule has 22 heavy (non-hydrogen) atoms. The predicted octanol–water partition coefficient (Wildman–Crippen LogP) is -0.103. The number of aromatic nitrogens is 1. The SMILES string of the molecule is CCOCCCn1c(CO)cc(=O)c(O)c1CN(C)CCO. The number of aliphatic hydroxyl groups excluding tert-OH is 2. The van der Waals surface area contributed by atoms with Gasteiger partial charge in [-0.3, -0.25) is 9.69 Å². The Bertz CT molecular complexity index is 515. The summed E-state index contributed by atoms with van der Waals surface area (Å²) in [7, 11) is 1.79. The molecule has 0 bridgehead atoms. The highest BCUT2D eigenvalue weighted by atomic mass is 16.5. The molecule has 0 aliphatic rings. The Labute approximate surface area is 130 Å². The third-order valence-corrected chi connectivity index (χ3v) is 3.41. The van der Waals surface area contributed by atoms with Gasteiger partial charge in [-0.25, -0.2) is 0 Å². The molecule has 0 unspecified atom stereocenters. The fourth-order valence-corrected chi connectivity index (χ4v) is 2.29. The number of nitrogens with zero attached hydrogens (tertiary/aromatic N) is 2. The lowest BCUT2D eigenvalue weighted by atomic mass is 10.2. The van der Waals surface area contributed by atoms with Crippen molar-refractivity contribution in [3.05, 3.63) is 27.7 Å². The Hall–Kier alpha value is -1.41. The Morgan fingerprint density at radius 1 is 1.36 bits per heavy atom. The molecule has 0 saturated heterocycles. The van der Waals surface area contributed by atoms with Crippen LogP contribution in [0.1, 0.15) is 24.7 Å². The van der Waals surface area contributed by atoms with Crippen molar-refractivity contribution in [1.29, 1.82) is 0 Å². The molecule has 0 amide bonds. The lowest BCUT2D eigenvalue weighted by molar-refractivity contribution is 0.140. The summed E-state index contributed by atoms with van der Waals surface area (Å²) in [6.07, 6.45) is 0.708. The fourth-order valence-electron chi connectivity index (χ4n) is 2.29. The van der Waals surface area contributed by atoms with E-state index in [0.717, 1.165) is 0 Å². The first kappa shape index (κ1) is 18.6. The molecule has 1 aromatic rings. The topological polar surface area (TPSA) is 95.2 Å². The van der Waals surface area contributed by atoms with Gasteiger partial charge in [-0.2, -0.15) is 0 Å². The van der Waals surface area contributed by atoms with Crippen LogP contribution in [0.15, 0.2) is 10.9 Å². The second kappa shape index (κ2) is 9.58. The molecule has 126 valence electrons. The van der Waals surface area contributed by atoms with E-state index in [1.165, 1.54) is 6.07 Å². The van der Waals surface area contributed by atoms with Gasteiger partial charge in [0.25, 0.3) is 0 Å². The molecule has 0 fully saturated rings. The van der Waals surface area contributed by atoms with E-state index in [2.05, 4.69) is 0 Å². The Kier molecular flexibility index (Phi) is 8.11. The molecule has 7 heteroatoms. The van der Waals surface area contributed by atoms with Crippen LogP contribution in [0.4, 0.5) is 0 Å². The maximum absolute atomic E-state index is 11.8. The first-order valence-electron chi connectivity index (χ1n) is 7.47. The Balaban J connectivity index is 3.07. The zero-order valence-corrected chi connectivity index (χ0v) is 13.3. The number of rotatable bonds is 10. The van der Waals surface area contributed by atoms with Gasteiger partial charge in [-0.15, -0.1) is 0 Å². The number of hydrogen-bond donors (Lipinski definition) is 3. The van der Waals surface area contributed by atoms with E-state index < -0.39 is 5.43 Å². The standard InChI is InChI=1S/C15H26N2O5/c1-3-22-8-4-5-17-12(11-19)9-14(20)15(21)13(17)10-16(2)6-7-18/h9,18-19,21H,3-8,10-11H2,1-2H3. The average Bonchev–Trinajstić information content (AvgIpc) is 2.50. The van der Waals surface area contributed by atoms with Gasteiger partial charge < -0.3 is 24.6 Å². The zero-order chi connectivity index (χ0) is 16.5. The minimum absolute atomic E-state index is 0.00841. The molecule has 0 aliphatic heterocycles. The Morgan fingerprint density at radius 3 is 2.68 bits per heavy atom. The molecule has 0 aliphatic carbocycles. The molecule has 0 saturated carbocycles. The summed E-state index contributed by atoms with van der Waals surface area (Å²) < 4.78 is 7.05. The third kappa shape index (κ3) is 5.10. The lowest BCUT2D eigenvalue weighted by Crippen LogP contribution is -2.27. The van der Waals surface area contributed by atoms with Crippen LogP contribution in [-0.2, 0) is 24.4 Å². The van der Waals surface area contributed by atoms with E-state index in [1.807, 2.05) is 6.92 Å². The summed E-state index contributed by atoms with van der Waals surface area (Å²) in [4.78, 5) is 13.6. The number of hydrogen-bond acceptors (Lipinski definition) is 6. The van der Waals surface area contributed by atoms with Crippen LogP contribution in [0.3, 0.4) is 0 Å². The molecule has 0 radical (unpaired) electrons. The number of likely N-dealkylation sites (N-methyl/N-ethyl adjacent to an activating group) is 1. The maximum Gasteiger partial charge on any atom is 0.223 e. The average molecular weight is 314 g/mol. The fraction of sp³-hybridized carbons (Fsp3) is 0.667. The van der Waals surface area contributed by atoms with E-state index in [9.17, 15) is 15.0 Å². The second-order valence-corrected chi connectivity index (χ2v) is 5.12. The third-order valence-electron chi connectivity index (χ3n) is 3.41. The zero-order valence-electron chi connectivity index (χ0n) is 13.3. The van der Waals surface area contributed by atoms with Crippen LogP contribution in [0.2, 0.25) is 0 Å². The molecular weight excluding hydrogens is 288 g/mol. The smallest absolute Gasteiger partial charge is 0.223 e. The van der Waals surface area contributed by atoms with Gasteiger partial charge in [0.15, 0.2) is 5.75 Å². The van der Waals surface area contributed by atoms with Crippen molar-refractivity contribution in [2.45, 2.75) is 33.0 Å². The molecule has 3 N–H and O–H groups in total. The van der Waals surface area contributed by atoms with Gasteiger partial charge in [-0.05, 0) is 20.4 Å². The minimum Gasteiger partial charge on any atom is -0.503 e. The first-order chi connectivity index (χ1) is 10.5. The highest BCUT2D eigenvalue weighted by Crippen LogP contribution is 2.17. The molecule has 0 aromatic carbocycles. The number of pyridine rings is 1. The van der Waals surface area contributed by atoms with Gasteiger partial charge >= 0.3 is 0 Å². The van der Waals surface area contributed by atoms with Gasteiger partial charge in [0, 0.05) is 44.6 Å². The van der Waals surface area contributed by atoms with Crippen molar-refractivity contribution in [2.75, 3.05) is 33.4 Å². The summed E-state index contributed by atoms with van der Waals surface area (Å²) in [5.41, 5.74) is 0.410. The van der Waals surface area contributed by atoms with E-state index in [1.54, 1.807) is 16.5 Å². The first-order valence-corrected chi connectivity index (χ1v) is 7.47. The molecule has 0 spiro atoms. The molecule has 1 aromatic heterocycles. The van der Waals surface area contributed by atoms with Gasteiger partial charge in [-0.1, -0.05) is 0 Å². The summed E-state index contributed by atoms with van der Waals surface area (Å²) in [5.74, 6) is -0.307. The second-order valence-electron chi connectivity index (χ2n) is 5.12. The van der Waals surface area contributed by atoms with Crippen LogP contribution in [0, 0.1) is 0 Å². The highest BCUT2D eigenvalue weighted by Gasteiger charge is 2.16. The Morgan fingerprint density at radius 2 is 2.09 bits per heavy atom. The molecule has 7 nitrogen and oxygen atoms in total. The molecule has 1 heterocycles. The molecular formula is C15H26N2O5. The van der Waals surface area contributed by atoms with Crippen molar-refractivity contribution in [2.24, 2.45) is 0 Å². The number of ether oxygens (including phenoxy) is 1. The molecule has 0 atom stereocenters. The van der Waals surface area contributed by atoms with Crippen LogP contribution in [0.5, 0.6) is 5.75 Å². The summed E-state index contributed by atoms with van der Waals surface area (Å²) in [6.45, 7) is 4.10. The lowest BCUT2D eigenvalue weighted by Gasteiger charge is -2.22. The van der Waals surface area contributed by atoms with Crippen LogP contribution in [-0.4, -0.2) is 58.2 Å². The summed E-state index contributed by atoms with van der Waals surface area (Å²) in [5, 5.41) is 28.5. The highest BCUT2D eigenvalue weighted by molar-refractivity contribution is 5.30. The van der Waals surface area contributed by atoms with Gasteiger partial charge in [0.2, 0.25) is 5.43 Å². The largest absolute Gasteiger partial charge is 0.503 e.